The molecule has 1 amide bonds. The van der Waals surface area contributed by atoms with Gasteiger partial charge in [-0.3, -0.25) is 4.79 Å². The van der Waals surface area contributed by atoms with Gasteiger partial charge in [0.2, 0.25) is 5.91 Å². The highest BCUT2D eigenvalue weighted by molar-refractivity contribution is 5.79. The average Bonchev–Trinajstić information content (AvgIpc) is 2.68. The van der Waals surface area contributed by atoms with Crippen LogP contribution in [0.1, 0.15) is 51.4 Å². The number of carbonyl (C=O) groups is 1. The summed E-state index contributed by atoms with van der Waals surface area (Å²) in [6, 6.07) is 0.430. The maximum atomic E-state index is 12.4. The van der Waals surface area contributed by atoms with Gasteiger partial charge >= 0.3 is 0 Å². The average molecular weight is 267 g/mol. The van der Waals surface area contributed by atoms with E-state index in [4.69, 9.17) is 5.73 Å². The minimum atomic E-state index is 0.184. The zero-order valence-electron chi connectivity index (χ0n) is 12.1. The van der Waals surface area contributed by atoms with Crippen molar-refractivity contribution in [1.29, 1.82) is 0 Å². The maximum absolute atomic E-state index is 12.4. The Morgan fingerprint density at radius 1 is 1.11 bits per heavy atom. The molecule has 1 heterocycles. The zero-order chi connectivity index (χ0) is 13.5. The number of likely N-dealkylation sites (tertiary alicyclic amines) is 1. The lowest BCUT2D eigenvalue weighted by molar-refractivity contribution is -0.127. The van der Waals surface area contributed by atoms with Crippen molar-refractivity contribution in [2.75, 3.05) is 26.2 Å². The first-order chi connectivity index (χ1) is 9.29. The number of nitrogens with two attached hydrogens (primary N) is 1. The molecule has 3 N–H and O–H groups in total. The van der Waals surface area contributed by atoms with Crippen LogP contribution in [0.5, 0.6) is 0 Å². The molecule has 0 bridgehead atoms. The van der Waals surface area contributed by atoms with Gasteiger partial charge in [-0.1, -0.05) is 25.7 Å². The van der Waals surface area contributed by atoms with Crippen LogP contribution < -0.4 is 11.1 Å². The number of amides is 1. The molecule has 1 saturated carbocycles. The van der Waals surface area contributed by atoms with Crippen molar-refractivity contribution in [3.63, 3.8) is 0 Å². The number of nitrogens with zero attached hydrogens (tertiary/aromatic N) is 1. The number of nitrogens with one attached hydrogen (secondary N) is 1. The summed E-state index contributed by atoms with van der Waals surface area (Å²) in [4.78, 5) is 14.7. The van der Waals surface area contributed by atoms with Gasteiger partial charge in [0.05, 0.1) is 5.92 Å². The summed E-state index contributed by atoms with van der Waals surface area (Å²) in [5.74, 6) is 0.470. The zero-order valence-corrected chi connectivity index (χ0v) is 12.1. The van der Waals surface area contributed by atoms with E-state index in [1.54, 1.807) is 0 Å². The Hall–Kier alpha value is -0.610. The standard InChI is InChI=1S/C15H29N3O/c16-9-11-18-10-5-6-13(12-18)15(19)17-14-7-3-1-2-4-8-14/h13-14H,1-12,16H2,(H,17,19). The molecule has 1 unspecified atom stereocenters. The summed E-state index contributed by atoms with van der Waals surface area (Å²) < 4.78 is 0. The van der Waals surface area contributed by atoms with Crippen molar-refractivity contribution < 1.29 is 4.79 Å². The van der Waals surface area contributed by atoms with E-state index in [2.05, 4.69) is 10.2 Å². The fourth-order valence-electron chi connectivity index (χ4n) is 3.40. The van der Waals surface area contributed by atoms with Crippen LogP contribution in [-0.4, -0.2) is 43.0 Å². The number of carbonyl (C=O) groups excluding carboxylic acids is 1. The van der Waals surface area contributed by atoms with Gasteiger partial charge in [-0.2, -0.15) is 0 Å². The first kappa shape index (κ1) is 14.8. The van der Waals surface area contributed by atoms with Crippen LogP contribution in [0.15, 0.2) is 0 Å². The van der Waals surface area contributed by atoms with Gasteiger partial charge in [0.1, 0.15) is 0 Å². The summed E-state index contributed by atoms with van der Waals surface area (Å²) in [5.41, 5.74) is 5.61. The van der Waals surface area contributed by atoms with Gasteiger partial charge in [0.25, 0.3) is 0 Å². The van der Waals surface area contributed by atoms with Crippen molar-refractivity contribution in [1.82, 2.24) is 10.2 Å². The minimum absolute atomic E-state index is 0.184. The summed E-state index contributed by atoms with van der Waals surface area (Å²) in [7, 11) is 0. The second-order valence-electron chi connectivity index (χ2n) is 6.13. The Balaban J connectivity index is 1.78. The monoisotopic (exact) mass is 267 g/mol. The fraction of sp³-hybridized carbons (Fsp3) is 0.933. The van der Waals surface area contributed by atoms with Crippen LogP contribution in [0.4, 0.5) is 0 Å². The SMILES string of the molecule is NCCN1CCCC(C(=O)NC2CCCCCC2)C1. The van der Waals surface area contributed by atoms with Gasteiger partial charge in [0, 0.05) is 25.7 Å². The Morgan fingerprint density at radius 3 is 2.53 bits per heavy atom. The van der Waals surface area contributed by atoms with E-state index < -0.39 is 0 Å². The molecular weight excluding hydrogens is 238 g/mol. The lowest BCUT2D eigenvalue weighted by Crippen LogP contribution is -2.46. The second-order valence-corrected chi connectivity index (χ2v) is 6.13. The topological polar surface area (TPSA) is 58.4 Å². The first-order valence-electron chi connectivity index (χ1n) is 8.02. The predicted molar refractivity (Wildman–Crippen MR) is 77.9 cm³/mol. The molecule has 1 aliphatic carbocycles. The lowest BCUT2D eigenvalue weighted by Gasteiger charge is -2.32. The Morgan fingerprint density at radius 2 is 1.84 bits per heavy atom. The van der Waals surface area contributed by atoms with Crippen LogP contribution >= 0.6 is 0 Å². The molecule has 0 aromatic carbocycles. The number of piperidine rings is 1. The van der Waals surface area contributed by atoms with Gasteiger partial charge in [-0.05, 0) is 32.2 Å². The molecule has 0 radical (unpaired) electrons. The highest BCUT2D eigenvalue weighted by atomic mass is 16.2. The summed E-state index contributed by atoms with van der Waals surface area (Å²) in [6.45, 7) is 3.62. The molecule has 2 rings (SSSR count). The molecule has 19 heavy (non-hydrogen) atoms. The fourth-order valence-corrected chi connectivity index (χ4v) is 3.40. The van der Waals surface area contributed by atoms with E-state index in [9.17, 15) is 4.79 Å². The first-order valence-corrected chi connectivity index (χ1v) is 8.02. The molecule has 1 aliphatic heterocycles. The van der Waals surface area contributed by atoms with Crippen LogP contribution in [0.2, 0.25) is 0 Å². The van der Waals surface area contributed by atoms with Gasteiger partial charge in [-0.15, -0.1) is 0 Å². The van der Waals surface area contributed by atoms with E-state index >= 15 is 0 Å². The van der Waals surface area contributed by atoms with E-state index in [-0.39, 0.29) is 11.8 Å². The van der Waals surface area contributed by atoms with E-state index in [1.165, 1.54) is 38.5 Å². The normalized spacial score (nSPS) is 26.9. The van der Waals surface area contributed by atoms with E-state index in [1.807, 2.05) is 0 Å². The van der Waals surface area contributed by atoms with Crippen LogP contribution in [-0.2, 0) is 4.79 Å². The quantitative estimate of drug-likeness (QED) is 0.759. The molecule has 1 saturated heterocycles. The predicted octanol–water partition coefficient (Wildman–Crippen LogP) is 1.50. The van der Waals surface area contributed by atoms with Crippen LogP contribution in [0, 0.1) is 5.92 Å². The van der Waals surface area contributed by atoms with Gasteiger partial charge in [0.15, 0.2) is 0 Å². The van der Waals surface area contributed by atoms with Gasteiger partial charge < -0.3 is 16.0 Å². The van der Waals surface area contributed by atoms with Crippen molar-refractivity contribution >= 4 is 5.91 Å². The van der Waals surface area contributed by atoms with Crippen LogP contribution in [0.3, 0.4) is 0 Å². The van der Waals surface area contributed by atoms with Crippen molar-refractivity contribution in [2.45, 2.75) is 57.4 Å². The lowest BCUT2D eigenvalue weighted by atomic mass is 9.96. The smallest absolute Gasteiger partial charge is 0.224 e. The number of hydrogen-bond acceptors (Lipinski definition) is 3. The summed E-state index contributed by atoms with van der Waals surface area (Å²) in [5, 5.41) is 3.29. The molecule has 0 aromatic heterocycles. The molecule has 1 atom stereocenters. The minimum Gasteiger partial charge on any atom is -0.353 e. The third-order valence-electron chi connectivity index (χ3n) is 4.52. The van der Waals surface area contributed by atoms with Crippen molar-refractivity contribution in [2.24, 2.45) is 11.7 Å². The van der Waals surface area contributed by atoms with Crippen molar-refractivity contribution in [3.8, 4) is 0 Å². The Kier molecular flexibility index (Phi) is 6.11. The number of rotatable bonds is 4. The summed E-state index contributed by atoms with van der Waals surface area (Å²) >= 11 is 0. The second kappa shape index (κ2) is 7.85. The largest absolute Gasteiger partial charge is 0.353 e. The Labute approximate surface area is 117 Å². The maximum Gasteiger partial charge on any atom is 0.224 e. The Bertz CT molecular complexity index is 273. The molecule has 110 valence electrons. The molecule has 0 aromatic rings. The highest BCUT2D eigenvalue weighted by Gasteiger charge is 2.26. The van der Waals surface area contributed by atoms with E-state index in [0.29, 0.717) is 12.6 Å². The van der Waals surface area contributed by atoms with E-state index in [0.717, 1.165) is 32.5 Å². The molecule has 4 heteroatoms. The number of hydrogen-bond donors (Lipinski definition) is 2. The van der Waals surface area contributed by atoms with Gasteiger partial charge in [-0.25, -0.2) is 0 Å². The molecule has 0 spiro atoms. The van der Waals surface area contributed by atoms with Crippen molar-refractivity contribution in [3.05, 3.63) is 0 Å². The summed E-state index contributed by atoms with van der Waals surface area (Å²) in [6.07, 6.45) is 9.72. The van der Waals surface area contributed by atoms with Crippen LogP contribution in [0.25, 0.3) is 0 Å². The molecule has 2 fully saturated rings. The highest BCUT2D eigenvalue weighted by Crippen LogP contribution is 2.20. The molecular formula is C15H29N3O. The molecule has 2 aliphatic rings. The third-order valence-corrected chi connectivity index (χ3v) is 4.52. The molecule has 4 nitrogen and oxygen atoms in total. The third kappa shape index (κ3) is 4.77.